The first-order chi connectivity index (χ1) is 8.69. The van der Waals surface area contributed by atoms with Crippen molar-refractivity contribution >= 4 is 17.3 Å². The monoisotopic (exact) mass is 271 g/mol. The molecule has 1 aromatic carbocycles. The molecule has 0 aliphatic heterocycles. The lowest BCUT2D eigenvalue weighted by atomic mass is 9.96. The first-order valence-corrected chi connectivity index (χ1v) is 6.32. The normalized spacial score (nSPS) is 19.9. The number of hydrogen-bond donors (Lipinski definition) is 1. The molecule has 3 nitrogen and oxygen atoms in total. The molecule has 0 amide bonds. The van der Waals surface area contributed by atoms with Crippen molar-refractivity contribution in [2.24, 2.45) is 5.16 Å². The molecule has 0 aromatic heterocycles. The van der Waals surface area contributed by atoms with Crippen LogP contribution < -0.4 is 0 Å². The lowest BCUT2D eigenvalue weighted by Gasteiger charge is -2.22. The van der Waals surface area contributed by atoms with Crippen LogP contribution in [0.3, 0.4) is 0 Å². The molecule has 1 saturated carbocycles. The zero-order valence-electron chi connectivity index (χ0n) is 9.90. The van der Waals surface area contributed by atoms with Gasteiger partial charge in [-0.15, -0.1) is 0 Å². The van der Waals surface area contributed by atoms with Crippen LogP contribution in [0.4, 0.5) is 4.39 Å². The molecule has 1 aliphatic rings. The molecule has 1 fully saturated rings. The Bertz CT molecular complexity index is 441. The summed E-state index contributed by atoms with van der Waals surface area (Å²) < 4.78 is 19.2. The van der Waals surface area contributed by atoms with Crippen molar-refractivity contribution < 1.29 is 14.3 Å². The van der Waals surface area contributed by atoms with Crippen molar-refractivity contribution in [3.05, 3.63) is 34.6 Å². The molecule has 98 valence electrons. The van der Waals surface area contributed by atoms with E-state index in [0.29, 0.717) is 10.6 Å². The second kappa shape index (κ2) is 6.16. The van der Waals surface area contributed by atoms with E-state index in [0.717, 1.165) is 31.4 Å². The third-order valence-corrected chi connectivity index (χ3v) is 3.38. The van der Waals surface area contributed by atoms with Gasteiger partial charge >= 0.3 is 0 Å². The number of hydrogen-bond acceptors (Lipinski definition) is 3. The van der Waals surface area contributed by atoms with E-state index < -0.39 is 0 Å². The first-order valence-electron chi connectivity index (χ1n) is 5.94. The lowest BCUT2D eigenvalue weighted by Crippen LogP contribution is -2.21. The van der Waals surface area contributed by atoms with E-state index in [-0.39, 0.29) is 18.5 Å². The SMILES string of the molecule is ON=C1CCC(OCc2ccc(Cl)cc2F)CC1. The van der Waals surface area contributed by atoms with Gasteiger partial charge in [0.05, 0.1) is 18.4 Å². The van der Waals surface area contributed by atoms with E-state index in [1.54, 1.807) is 12.1 Å². The second-order valence-electron chi connectivity index (χ2n) is 4.41. The van der Waals surface area contributed by atoms with E-state index in [4.69, 9.17) is 21.5 Å². The predicted octanol–water partition coefficient (Wildman–Crippen LogP) is 3.77. The fourth-order valence-electron chi connectivity index (χ4n) is 2.04. The second-order valence-corrected chi connectivity index (χ2v) is 4.85. The Labute approximate surface area is 110 Å². The highest BCUT2D eigenvalue weighted by Gasteiger charge is 2.18. The van der Waals surface area contributed by atoms with Crippen molar-refractivity contribution in [1.29, 1.82) is 0 Å². The molecule has 0 unspecified atom stereocenters. The fraction of sp³-hybridized carbons (Fsp3) is 0.462. The van der Waals surface area contributed by atoms with E-state index in [1.807, 2.05) is 0 Å². The minimum Gasteiger partial charge on any atom is -0.411 e. The minimum atomic E-state index is -0.337. The van der Waals surface area contributed by atoms with Gasteiger partial charge < -0.3 is 9.94 Å². The van der Waals surface area contributed by atoms with Gasteiger partial charge in [0.1, 0.15) is 5.82 Å². The smallest absolute Gasteiger partial charge is 0.130 e. The maximum Gasteiger partial charge on any atom is 0.130 e. The highest BCUT2D eigenvalue weighted by Crippen LogP contribution is 2.21. The predicted molar refractivity (Wildman–Crippen MR) is 67.7 cm³/mol. The topological polar surface area (TPSA) is 41.8 Å². The maximum atomic E-state index is 13.5. The molecule has 1 N–H and O–H groups in total. The summed E-state index contributed by atoms with van der Waals surface area (Å²) in [6, 6.07) is 4.58. The van der Waals surface area contributed by atoms with Crippen LogP contribution in [-0.2, 0) is 11.3 Å². The number of rotatable bonds is 3. The van der Waals surface area contributed by atoms with Crippen LogP contribution in [0.25, 0.3) is 0 Å². The van der Waals surface area contributed by atoms with E-state index in [9.17, 15) is 4.39 Å². The van der Waals surface area contributed by atoms with Gasteiger partial charge in [0, 0.05) is 10.6 Å². The molecule has 0 atom stereocenters. The Morgan fingerprint density at radius 1 is 1.39 bits per heavy atom. The van der Waals surface area contributed by atoms with Crippen molar-refractivity contribution in [2.75, 3.05) is 0 Å². The zero-order valence-corrected chi connectivity index (χ0v) is 10.7. The maximum absolute atomic E-state index is 13.5. The molecule has 1 aromatic rings. The number of halogens is 2. The quantitative estimate of drug-likeness (QED) is 0.672. The highest BCUT2D eigenvalue weighted by atomic mass is 35.5. The summed E-state index contributed by atoms with van der Waals surface area (Å²) in [5, 5.41) is 12.2. The van der Waals surface area contributed by atoms with Crippen molar-refractivity contribution in [2.45, 2.75) is 38.4 Å². The van der Waals surface area contributed by atoms with Gasteiger partial charge in [0.2, 0.25) is 0 Å². The minimum absolute atomic E-state index is 0.102. The molecule has 0 heterocycles. The van der Waals surface area contributed by atoms with Gasteiger partial charge in [-0.3, -0.25) is 0 Å². The third kappa shape index (κ3) is 3.43. The van der Waals surface area contributed by atoms with Gasteiger partial charge in [0.25, 0.3) is 0 Å². The van der Waals surface area contributed by atoms with Crippen molar-refractivity contribution in [3.8, 4) is 0 Å². The van der Waals surface area contributed by atoms with Crippen LogP contribution in [-0.4, -0.2) is 17.0 Å². The van der Waals surface area contributed by atoms with Gasteiger partial charge in [-0.1, -0.05) is 22.8 Å². The van der Waals surface area contributed by atoms with Crippen molar-refractivity contribution in [3.63, 3.8) is 0 Å². The average molecular weight is 272 g/mol. The van der Waals surface area contributed by atoms with Gasteiger partial charge in [0.15, 0.2) is 0 Å². The molecule has 5 heteroatoms. The fourth-order valence-corrected chi connectivity index (χ4v) is 2.20. The van der Waals surface area contributed by atoms with Crippen LogP contribution in [0.2, 0.25) is 5.02 Å². The van der Waals surface area contributed by atoms with Gasteiger partial charge in [-0.2, -0.15) is 0 Å². The number of benzene rings is 1. The van der Waals surface area contributed by atoms with Crippen LogP contribution in [0.1, 0.15) is 31.2 Å². The summed E-state index contributed by atoms with van der Waals surface area (Å²) in [7, 11) is 0. The molecule has 18 heavy (non-hydrogen) atoms. The zero-order chi connectivity index (χ0) is 13.0. The number of ether oxygens (including phenoxy) is 1. The summed E-state index contributed by atoms with van der Waals surface area (Å²) in [4.78, 5) is 0. The molecule has 0 saturated heterocycles. The summed E-state index contributed by atoms with van der Waals surface area (Å²) in [6.07, 6.45) is 3.21. The number of oxime groups is 1. The molecule has 0 radical (unpaired) electrons. The molecule has 2 rings (SSSR count). The Kier molecular flexibility index (Phi) is 4.55. The molecule has 0 spiro atoms. The molecular formula is C13H15ClFNO2. The lowest BCUT2D eigenvalue weighted by molar-refractivity contribution is 0.0263. The Morgan fingerprint density at radius 3 is 2.72 bits per heavy atom. The van der Waals surface area contributed by atoms with Gasteiger partial charge in [-0.25, -0.2) is 4.39 Å². The van der Waals surface area contributed by atoms with Crippen LogP contribution >= 0.6 is 11.6 Å². The summed E-state index contributed by atoms with van der Waals surface area (Å²) in [5.74, 6) is -0.337. The largest absolute Gasteiger partial charge is 0.411 e. The third-order valence-electron chi connectivity index (χ3n) is 3.14. The van der Waals surface area contributed by atoms with E-state index >= 15 is 0 Å². The summed E-state index contributed by atoms with van der Waals surface area (Å²) >= 11 is 5.68. The molecular weight excluding hydrogens is 257 g/mol. The van der Waals surface area contributed by atoms with Crippen LogP contribution in [0, 0.1) is 5.82 Å². The first kappa shape index (κ1) is 13.3. The van der Waals surface area contributed by atoms with Crippen LogP contribution in [0.5, 0.6) is 0 Å². The van der Waals surface area contributed by atoms with Gasteiger partial charge in [-0.05, 0) is 37.8 Å². The van der Waals surface area contributed by atoms with E-state index in [1.165, 1.54) is 6.07 Å². The van der Waals surface area contributed by atoms with Crippen LogP contribution in [0.15, 0.2) is 23.4 Å². The summed E-state index contributed by atoms with van der Waals surface area (Å²) in [6.45, 7) is 0.249. The molecule has 0 bridgehead atoms. The number of nitrogens with zero attached hydrogens (tertiary/aromatic N) is 1. The Hall–Kier alpha value is -1.13. The highest BCUT2D eigenvalue weighted by molar-refractivity contribution is 6.30. The summed E-state index contributed by atoms with van der Waals surface area (Å²) in [5.41, 5.74) is 1.33. The Morgan fingerprint density at radius 2 is 2.11 bits per heavy atom. The molecule has 1 aliphatic carbocycles. The average Bonchev–Trinajstić information content (AvgIpc) is 2.38. The van der Waals surface area contributed by atoms with E-state index in [2.05, 4.69) is 5.16 Å². The standard InChI is InChI=1S/C13H15ClFNO2/c14-10-2-1-9(13(15)7-10)8-18-12-5-3-11(16-17)4-6-12/h1-2,7,12,17H,3-6,8H2. The van der Waals surface area contributed by atoms with Crippen molar-refractivity contribution in [1.82, 2.24) is 0 Å². The Balaban J connectivity index is 1.85.